The molecule has 1 aliphatic rings. The third-order valence-electron chi connectivity index (χ3n) is 4.83. The number of primary amides is 1. The number of hydrogen-bond donors (Lipinski definition) is 3. The quantitative estimate of drug-likeness (QED) is 0.647. The molecule has 0 radical (unpaired) electrons. The zero-order chi connectivity index (χ0) is 21.0. The van der Waals surface area contributed by atoms with Crippen LogP contribution in [-0.2, 0) is 22.4 Å². The maximum Gasteiger partial charge on any atom is 0.251 e. The predicted molar refractivity (Wildman–Crippen MR) is 115 cm³/mol. The molecule has 1 aliphatic carbocycles. The fraction of sp³-hybridized carbons (Fsp3) is 0.381. The molecule has 29 heavy (non-hydrogen) atoms. The number of carbonyl (C=O) groups excluding carboxylic acids is 3. The molecular weight excluding hydrogens is 388 g/mol. The molecule has 0 spiro atoms. The van der Waals surface area contributed by atoms with Gasteiger partial charge in [0.15, 0.2) is 0 Å². The van der Waals surface area contributed by atoms with Crippen LogP contribution in [-0.4, -0.2) is 42.8 Å². The minimum atomic E-state index is -0.509. The maximum atomic E-state index is 12.5. The molecule has 1 heterocycles. The average molecular weight is 415 g/mol. The molecule has 1 aromatic heterocycles. The lowest BCUT2D eigenvalue weighted by Gasteiger charge is -2.16. The van der Waals surface area contributed by atoms with E-state index in [9.17, 15) is 14.4 Å². The van der Waals surface area contributed by atoms with Crippen LogP contribution >= 0.6 is 11.3 Å². The molecule has 4 N–H and O–H groups in total. The van der Waals surface area contributed by atoms with Crippen LogP contribution in [0.5, 0.6) is 0 Å². The molecule has 2 aromatic rings. The van der Waals surface area contributed by atoms with Gasteiger partial charge >= 0.3 is 0 Å². The Morgan fingerprint density at radius 1 is 1.03 bits per heavy atom. The Morgan fingerprint density at radius 3 is 2.31 bits per heavy atom. The van der Waals surface area contributed by atoms with Crippen molar-refractivity contribution in [2.24, 2.45) is 5.73 Å². The van der Waals surface area contributed by atoms with Gasteiger partial charge in [-0.2, -0.15) is 0 Å². The summed E-state index contributed by atoms with van der Waals surface area (Å²) in [7, 11) is 1.70. The van der Waals surface area contributed by atoms with Crippen molar-refractivity contribution in [3.63, 3.8) is 0 Å². The first kappa shape index (κ1) is 21.0. The topological polar surface area (TPSA) is 105 Å². The number of thiophene rings is 1. The van der Waals surface area contributed by atoms with E-state index in [0.717, 1.165) is 41.7 Å². The first-order chi connectivity index (χ1) is 13.8. The van der Waals surface area contributed by atoms with Gasteiger partial charge < -0.3 is 16.4 Å². The predicted octanol–water partition coefficient (Wildman–Crippen LogP) is 2.54. The van der Waals surface area contributed by atoms with E-state index in [4.69, 9.17) is 5.73 Å². The number of nitrogens with two attached hydrogens (primary N) is 1. The van der Waals surface area contributed by atoms with Crippen molar-refractivity contribution in [1.29, 1.82) is 0 Å². The van der Waals surface area contributed by atoms with E-state index in [0.29, 0.717) is 16.3 Å². The van der Waals surface area contributed by atoms with Crippen molar-refractivity contribution < 1.29 is 14.4 Å². The summed E-state index contributed by atoms with van der Waals surface area (Å²) in [5.74, 6) is -0.990. The number of anilines is 2. The van der Waals surface area contributed by atoms with Gasteiger partial charge in [-0.3, -0.25) is 19.3 Å². The van der Waals surface area contributed by atoms with Crippen molar-refractivity contribution in [3.05, 3.63) is 45.8 Å². The van der Waals surface area contributed by atoms with Crippen LogP contribution in [0.25, 0.3) is 0 Å². The summed E-state index contributed by atoms with van der Waals surface area (Å²) in [6, 6.07) is 7.52. The van der Waals surface area contributed by atoms with Gasteiger partial charge in [-0.05, 0) is 57.4 Å². The highest BCUT2D eigenvalue weighted by molar-refractivity contribution is 7.17. The number of hydrogen-bond acceptors (Lipinski definition) is 5. The lowest BCUT2D eigenvalue weighted by atomic mass is 9.95. The fourth-order valence-electron chi connectivity index (χ4n) is 3.46. The molecule has 0 aliphatic heterocycles. The highest BCUT2D eigenvalue weighted by Crippen LogP contribution is 2.37. The molecular formula is C21H26N4O3S. The van der Waals surface area contributed by atoms with E-state index < -0.39 is 5.91 Å². The van der Waals surface area contributed by atoms with Gasteiger partial charge in [0, 0.05) is 10.6 Å². The third kappa shape index (κ3) is 5.42. The van der Waals surface area contributed by atoms with Crippen LogP contribution in [0.3, 0.4) is 0 Å². The summed E-state index contributed by atoms with van der Waals surface area (Å²) in [5, 5.41) is 6.14. The molecule has 3 amide bonds. The molecule has 0 fully saturated rings. The molecule has 154 valence electrons. The number of amides is 3. The van der Waals surface area contributed by atoms with E-state index in [-0.39, 0.29) is 24.9 Å². The minimum Gasteiger partial charge on any atom is -0.365 e. The number of rotatable bonds is 7. The van der Waals surface area contributed by atoms with Crippen LogP contribution in [0.1, 0.15) is 39.2 Å². The van der Waals surface area contributed by atoms with E-state index >= 15 is 0 Å². The molecule has 0 saturated heterocycles. The second kappa shape index (κ2) is 9.19. The molecule has 0 saturated carbocycles. The summed E-state index contributed by atoms with van der Waals surface area (Å²) >= 11 is 1.43. The molecule has 0 unspecified atom stereocenters. The largest absolute Gasteiger partial charge is 0.365 e. The minimum absolute atomic E-state index is 0.0298. The van der Waals surface area contributed by atoms with E-state index in [2.05, 4.69) is 10.6 Å². The Balaban J connectivity index is 1.56. The Hall–Kier alpha value is -2.71. The lowest BCUT2D eigenvalue weighted by molar-refractivity contribution is -0.119. The van der Waals surface area contributed by atoms with Gasteiger partial charge in [0.25, 0.3) is 5.91 Å². The number of likely N-dealkylation sites (N-methyl/N-ethyl adjacent to an activating group) is 1. The summed E-state index contributed by atoms with van der Waals surface area (Å²) in [6.07, 6.45) is 3.84. The molecule has 0 atom stereocenters. The van der Waals surface area contributed by atoms with Crippen LogP contribution in [0.2, 0.25) is 0 Å². The molecule has 8 heteroatoms. The number of carbonyl (C=O) groups is 3. The van der Waals surface area contributed by atoms with E-state index in [1.165, 1.54) is 11.3 Å². The van der Waals surface area contributed by atoms with Gasteiger partial charge in [-0.1, -0.05) is 17.7 Å². The van der Waals surface area contributed by atoms with Gasteiger partial charge in [0.05, 0.1) is 18.7 Å². The first-order valence-corrected chi connectivity index (χ1v) is 10.4. The van der Waals surface area contributed by atoms with Crippen LogP contribution in [0, 0.1) is 6.92 Å². The van der Waals surface area contributed by atoms with Crippen LogP contribution < -0.4 is 16.4 Å². The first-order valence-electron chi connectivity index (χ1n) is 9.62. The van der Waals surface area contributed by atoms with E-state index in [1.807, 2.05) is 31.2 Å². The highest BCUT2D eigenvalue weighted by Gasteiger charge is 2.25. The Morgan fingerprint density at radius 2 is 1.66 bits per heavy atom. The highest BCUT2D eigenvalue weighted by atomic mass is 32.1. The van der Waals surface area contributed by atoms with Crippen molar-refractivity contribution in [3.8, 4) is 0 Å². The molecule has 3 rings (SSSR count). The molecule has 0 bridgehead atoms. The van der Waals surface area contributed by atoms with Gasteiger partial charge in [-0.25, -0.2) is 0 Å². The second-order valence-corrected chi connectivity index (χ2v) is 8.52. The normalized spacial score (nSPS) is 13.1. The van der Waals surface area contributed by atoms with Gasteiger partial charge in [0.1, 0.15) is 5.00 Å². The summed E-state index contributed by atoms with van der Waals surface area (Å²) in [5.41, 5.74) is 8.82. The van der Waals surface area contributed by atoms with Crippen molar-refractivity contribution in [1.82, 2.24) is 4.90 Å². The average Bonchev–Trinajstić information content (AvgIpc) is 3.01. The number of fused-ring (bicyclic) bond motifs is 1. The van der Waals surface area contributed by atoms with Gasteiger partial charge in [0.2, 0.25) is 11.8 Å². The second-order valence-electron chi connectivity index (χ2n) is 7.41. The number of nitrogens with one attached hydrogen (secondary N) is 2. The van der Waals surface area contributed by atoms with E-state index in [1.54, 1.807) is 11.9 Å². The lowest BCUT2D eigenvalue weighted by Crippen LogP contribution is -2.36. The number of aryl methyl sites for hydroxylation is 2. The summed E-state index contributed by atoms with van der Waals surface area (Å²) in [4.78, 5) is 39.3. The monoisotopic (exact) mass is 414 g/mol. The molecule has 1 aromatic carbocycles. The Bertz CT molecular complexity index is 921. The number of benzene rings is 1. The smallest absolute Gasteiger partial charge is 0.251 e. The standard InChI is InChI=1S/C21H26N4O3S/c1-13-7-9-14(10-8-13)23-17(26)11-25(2)12-18(27)24-21-19(20(22)28)15-5-3-4-6-16(15)29-21/h7-10H,3-6,11-12H2,1-2H3,(H2,22,28)(H,23,26)(H,24,27). The zero-order valence-electron chi connectivity index (χ0n) is 16.7. The third-order valence-corrected chi connectivity index (χ3v) is 6.04. The van der Waals surface area contributed by atoms with Crippen LogP contribution in [0.15, 0.2) is 24.3 Å². The summed E-state index contributed by atoms with van der Waals surface area (Å²) in [6.45, 7) is 2.08. The molecule has 7 nitrogen and oxygen atoms in total. The zero-order valence-corrected chi connectivity index (χ0v) is 17.5. The summed E-state index contributed by atoms with van der Waals surface area (Å²) < 4.78 is 0. The van der Waals surface area contributed by atoms with Gasteiger partial charge in [-0.15, -0.1) is 11.3 Å². The van der Waals surface area contributed by atoms with Crippen molar-refractivity contribution in [2.75, 3.05) is 30.8 Å². The Labute approximate surface area is 174 Å². The van der Waals surface area contributed by atoms with Crippen molar-refractivity contribution in [2.45, 2.75) is 32.6 Å². The van der Waals surface area contributed by atoms with Crippen molar-refractivity contribution >= 4 is 39.7 Å². The van der Waals surface area contributed by atoms with Crippen LogP contribution in [0.4, 0.5) is 10.7 Å². The SMILES string of the molecule is Cc1ccc(NC(=O)CN(C)CC(=O)Nc2sc3c(c2C(N)=O)CCCC3)cc1. The maximum absolute atomic E-state index is 12.5. The Kier molecular flexibility index (Phi) is 6.66. The number of nitrogens with zero attached hydrogens (tertiary/aromatic N) is 1. The fourth-order valence-corrected chi connectivity index (χ4v) is 4.78.